The van der Waals surface area contributed by atoms with Crippen LogP contribution < -0.4 is 10.1 Å². The predicted octanol–water partition coefficient (Wildman–Crippen LogP) is 5.52. The monoisotopic (exact) mass is 412 g/mol. The second-order valence-corrected chi connectivity index (χ2v) is 8.79. The summed E-state index contributed by atoms with van der Waals surface area (Å²) in [5.74, 6) is 1.64. The molecule has 0 spiro atoms. The maximum atomic E-state index is 6.62. The molecule has 0 saturated heterocycles. The predicted molar refractivity (Wildman–Crippen MR) is 119 cm³/mol. The molecule has 4 aromatic rings. The average molecular weight is 413 g/mol. The fraction of sp³-hybridized carbons (Fsp3) is 0.167. The summed E-state index contributed by atoms with van der Waals surface area (Å²) in [5, 5.41) is 10.2. The third kappa shape index (κ3) is 2.60. The SMILES string of the molecule is Cc1ccc(C2C3=C(Nc4ncnn42)c2cc(C)ccc2OC3c2cccs2)cc1. The molecule has 0 radical (unpaired) electrons. The van der Waals surface area contributed by atoms with Crippen LogP contribution in [0.5, 0.6) is 5.75 Å². The zero-order chi connectivity index (χ0) is 20.2. The summed E-state index contributed by atoms with van der Waals surface area (Å²) in [4.78, 5) is 5.67. The van der Waals surface area contributed by atoms with Crippen LogP contribution in [0.25, 0.3) is 5.70 Å². The fourth-order valence-electron chi connectivity index (χ4n) is 4.33. The van der Waals surface area contributed by atoms with E-state index in [1.807, 2.05) is 4.68 Å². The van der Waals surface area contributed by atoms with E-state index in [0.29, 0.717) is 0 Å². The number of benzene rings is 2. The van der Waals surface area contributed by atoms with Gasteiger partial charge in [0.05, 0.1) is 5.70 Å². The van der Waals surface area contributed by atoms with Crippen molar-refractivity contribution in [3.63, 3.8) is 0 Å². The summed E-state index contributed by atoms with van der Waals surface area (Å²) in [5.41, 5.74) is 6.91. The van der Waals surface area contributed by atoms with Gasteiger partial charge in [-0.3, -0.25) is 0 Å². The van der Waals surface area contributed by atoms with Crippen molar-refractivity contribution in [1.82, 2.24) is 14.8 Å². The van der Waals surface area contributed by atoms with Crippen molar-refractivity contribution >= 4 is 23.0 Å². The normalized spacial score (nSPS) is 19.4. The van der Waals surface area contributed by atoms with E-state index < -0.39 is 0 Å². The van der Waals surface area contributed by atoms with Gasteiger partial charge in [-0.25, -0.2) is 4.68 Å². The van der Waals surface area contributed by atoms with Gasteiger partial charge in [0.25, 0.3) is 0 Å². The second-order valence-electron chi connectivity index (χ2n) is 7.81. The zero-order valence-corrected chi connectivity index (χ0v) is 17.5. The van der Waals surface area contributed by atoms with Gasteiger partial charge in [0.15, 0.2) is 6.10 Å². The summed E-state index contributed by atoms with van der Waals surface area (Å²) in [6.45, 7) is 4.21. The highest BCUT2D eigenvalue weighted by Gasteiger charge is 2.41. The molecule has 0 saturated carbocycles. The summed E-state index contributed by atoms with van der Waals surface area (Å²) >= 11 is 1.71. The molecule has 0 amide bonds. The van der Waals surface area contributed by atoms with Gasteiger partial charge in [-0.2, -0.15) is 10.1 Å². The van der Waals surface area contributed by atoms with Gasteiger partial charge in [0, 0.05) is 16.0 Å². The molecular weight excluding hydrogens is 392 g/mol. The quantitative estimate of drug-likeness (QED) is 0.471. The average Bonchev–Trinajstić information content (AvgIpc) is 3.44. The lowest BCUT2D eigenvalue weighted by atomic mass is 9.86. The molecule has 0 aliphatic carbocycles. The van der Waals surface area contributed by atoms with E-state index in [1.54, 1.807) is 17.7 Å². The van der Waals surface area contributed by atoms with E-state index in [2.05, 4.69) is 89.2 Å². The Kier molecular flexibility index (Phi) is 3.83. The van der Waals surface area contributed by atoms with Crippen LogP contribution in [-0.2, 0) is 0 Å². The first kappa shape index (κ1) is 17.5. The number of fused-ring (bicyclic) bond motifs is 3. The number of aryl methyl sites for hydroxylation is 2. The Morgan fingerprint density at radius 3 is 2.67 bits per heavy atom. The molecule has 2 aliphatic heterocycles. The Morgan fingerprint density at radius 2 is 1.87 bits per heavy atom. The number of hydrogen-bond donors (Lipinski definition) is 1. The van der Waals surface area contributed by atoms with Crippen LogP contribution in [0.1, 0.15) is 39.3 Å². The first-order valence-corrected chi connectivity index (χ1v) is 10.9. The number of thiophene rings is 1. The molecule has 0 fully saturated rings. The van der Waals surface area contributed by atoms with Crippen LogP contribution >= 0.6 is 11.3 Å². The molecule has 1 N–H and O–H groups in total. The number of rotatable bonds is 2. The summed E-state index contributed by atoms with van der Waals surface area (Å²) in [7, 11) is 0. The van der Waals surface area contributed by atoms with Crippen molar-refractivity contribution in [3.8, 4) is 5.75 Å². The maximum Gasteiger partial charge on any atom is 0.226 e. The molecule has 2 aromatic heterocycles. The highest BCUT2D eigenvalue weighted by atomic mass is 32.1. The minimum Gasteiger partial charge on any atom is -0.480 e. The van der Waals surface area contributed by atoms with E-state index in [-0.39, 0.29) is 12.1 Å². The van der Waals surface area contributed by atoms with Gasteiger partial charge in [-0.15, -0.1) is 11.3 Å². The van der Waals surface area contributed by atoms with E-state index in [0.717, 1.165) is 28.5 Å². The molecule has 148 valence electrons. The smallest absolute Gasteiger partial charge is 0.226 e. The molecule has 2 aliphatic rings. The van der Waals surface area contributed by atoms with Crippen molar-refractivity contribution in [2.45, 2.75) is 26.0 Å². The lowest BCUT2D eigenvalue weighted by Crippen LogP contribution is -2.32. The number of ether oxygens (including phenoxy) is 1. The highest BCUT2D eigenvalue weighted by molar-refractivity contribution is 7.10. The number of aromatic nitrogens is 3. The maximum absolute atomic E-state index is 6.62. The van der Waals surface area contributed by atoms with Crippen molar-refractivity contribution in [3.05, 3.63) is 99.0 Å². The summed E-state index contributed by atoms with van der Waals surface area (Å²) in [6, 6.07) is 19.1. The van der Waals surface area contributed by atoms with Gasteiger partial charge in [-0.1, -0.05) is 47.5 Å². The Morgan fingerprint density at radius 1 is 1.03 bits per heavy atom. The largest absolute Gasteiger partial charge is 0.480 e. The van der Waals surface area contributed by atoms with E-state index in [1.165, 1.54) is 21.6 Å². The first-order chi connectivity index (χ1) is 14.7. The zero-order valence-electron chi connectivity index (χ0n) is 16.7. The van der Waals surface area contributed by atoms with Gasteiger partial charge in [0.1, 0.15) is 18.1 Å². The minimum absolute atomic E-state index is 0.0971. The lowest BCUT2D eigenvalue weighted by molar-refractivity contribution is 0.226. The molecule has 5 nitrogen and oxygen atoms in total. The summed E-state index contributed by atoms with van der Waals surface area (Å²) in [6.07, 6.45) is 1.42. The summed E-state index contributed by atoms with van der Waals surface area (Å²) < 4.78 is 8.59. The molecule has 0 bridgehead atoms. The Bertz CT molecular complexity index is 1270. The van der Waals surface area contributed by atoms with Crippen LogP contribution in [0.15, 0.2) is 71.9 Å². The molecule has 6 rings (SSSR count). The lowest BCUT2D eigenvalue weighted by Gasteiger charge is -2.38. The van der Waals surface area contributed by atoms with Gasteiger partial charge >= 0.3 is 0 Å². The molecule has 2 aromatic carbocycles. The van der Waals surface area contributed by atoms with Crippen molar-refractivity contribution < 1.29 is 4.74 Å². The fourth-order valence-corrected chi connectivity index (χ4v) is 5.10. The van der Waals surface area contributed by atoms with Gasteiger partial charge in [0.2, 0.25) is 5.95 Å². The highest BCUT2D eigenvalue weighted by Crippen LogP contribution is 2.51. The van der Waals surface area contributed by atoms with Crippen LogP contribution in [0.4, 0.5) is 5.95 Å². The number of nitrogens with one attached hydrogen (secondary N) is 1. The van der Waals surface area contributed by atoms with E-state index >= 15 is 0 Å². The number of hydrogen-bond acceptors (Lipinski definition) is 5. The third-order valence-electron chi connectivity index (χ3n) is 5.76. The Balaban J connectivity index is 1.64. The van der Waals surface area contributed by atoms with Gasteiger partial charge in [-0.05, 0) is 43.0 Å². The van der Waals surface area contributed by atoms with Crippen LogP contribution in [0.3, 0.4) is 0 Å². The minimum atomic E-state index is -0.189. The van der Waals surface area contributed by atoms with Crippen LogP contribution in [0.2, 0.25) is 0 Å². The Labute approximate surface area is 178 Å². The van der Waals surface area contributed by atoms with E-state index in [4.69, 9.17) is 4.74 Å². The first-order valence-electron chi connectivity index (χ1n) is 9.97. The Hall–Kier alpha value is -3.38. The van der Waals surface area contributed by atoms with Crippen LogP contribution in [-0.4, -0.2) is 14.8 Å². The molecule has 2 atom stereocenters. The standard InChI is InChI=1S/C24H20N4OS/c1-14-5-8-16(9-6-14)22-20-21(27-24-25-13-26-28(22)24)17-12-15(2)7-10-18(17)29-23(20)19-4-3-11-30-19/h3-13,22-23H,1-2H3,(H,25,26,27). The third-order valence-corrected chi connectivity index (χ3v) is 6.68. The molecular formula is C24H20N4OS. The molecule has 6 heteroatoms. The topological polar surface area (TPSA) is 52.0 Å². The number of anilines is 1. The van der Waals surface area contributed by atoms with Gasteiger partial charge < -0.3 is 10.1 Å². The van der Waals surface area contributed by atoms with Crippen molar-refractivity contribution in [2.75, 3.05) is 5.32 Å². The second kappa shape index (κ2) is 6.57. The van der Waals surface area contributed by atoms with Crippen LogP contribution in [0, 0.1) is 13.8 Å². The molecule has 30 heavy (non-hydrogen) atoms. The molecule has 2 unspecified atom stereocenters. The number of nitrogens with zero attached hydrogens (tertiary/aromatic N) is 3. The van der Waals surface area contributed by atoms with Crippen molar-refractivity contribution in [1.29, 1.82) is 0 Å². The van der Waals surface area contributed by atoms with Crippen molar-refractivity contribution in [2.24, 2.45) is 0 Å². The van der Waals surface area contributed by atoms with E-state index in [9.17, 15) is 0 Å². The molecule has 4 heterocycles.